The van der Waals surface area contributed by atoms with Gasteiger partial charge in [0.15, 0.2) is 0 Å². The molecule has 0 aliphatic carbocycles. The summed E-state index contributed by atoms with van der Waals surface area (Å²) in [5, 5.41) is 2.74. The summed E-state index contributed by atoms with van der Waals surface area (Å²) in [4.78, 5) is 12.3. The Morgan fingerprint density at radius 3 is 2.48 bits per heavy atom. The van der Waals surface area contributed by atoms with Gasteiger partial charge in [-0.2, -0.15) is 0 Å². The smallest absolute Gasteiger partial charge is 0.263 e. The van der Waals surface area contributed by atoms with Gasteiger partial charge < -0.3 is 10.1 Å². The van der Waals surface area contributed by atoms with E-state index in [1.165, 1.54) is 18.2 Å². The Bertz CT molecular complexity index is 1180. The SMILES string of the molecule is Cc1cccc(NS(=O)(=O)c2cc(C(=O)NCCOc3ccccc3)ccc2Cl)c1C. The van der Waals surface area contributed by atoms with Crippen molar-refractivity contribution in [1.82, 2.24) is 5.32 Å². The van der Waals surface area contributed by atoms with Gasteiger partial charge in [0, 0.05) is 5.56 Å². The van der Waals surface area contributed by atoms with Gasteiger partial charge in [0.2, 0.25) is 0 Å². The van der Waals surface area contributed by atoms with Gasteiger partial charge in [-0.1, -0.05) is 41.9 Å². The molecule has 6 nitrogen and oxygen atoms in total. The number of benzene rings is 3. The molecule has 0 spiro atoms. The van der Waals surface area contributed by atoms with Crippen LogP contribution in [-0.2, 0) is 10.0 Å². The topological polar surface area (TPSA) is 84.5 Å². The molecule has 0 saturated carbocycles. The molecule has 31 heavy (non-hydrogen) atoms. The molecule has 0 heterocycles. The summed E-state index contributed by atoms with van der Waals surface area (Å²) in [7, 11) is -3.99. The van der Waals surface area contributed by atoms with Crippen LogP contribution < -0.4 is 14.8 Å². The van der Waals surface area contributed by atoms with Crippen molar-refractivity contribution >= 4 is 33.2 Å². The van der Waals surface area contributed by atoms with Crippen molar-refractivity contribution in [2.75, 3.05) is 17.9 Å². The predicted molar refractivity (Wildman–Crippen MR) is 122 cm³/mol. The Morgan fingerprint density at radius 2 is 1.74 bits per heavy atom. The van der Waals surface area contributed by atoms with Crippen molar-refractivity contribution in [3.63, 3.8) is 0 Å². The monoisotopic (exact) mass is 458 g/mol. The van der Waals surface area contributed by atoms with Gasteiger partial charge in [-0.3, -0.25) is 9.52 Å². The fourth-order valence-corrected chi connectivity index (χ4v) is 4.51. The molecule has 1 amide bonds. The second kappa shape index (κ2) is 9.85. The summed E-state index contributed by atoms with van der Waals surface area (Å²) < 4.78 is 34.0. The van der Waals surface area contributed by atoms with Crippen LogP contribution in [0.4, 0.5) is 5.69 Å². The highest BCUT2D eigenvalue weighted by atomic mass is 35.5. The van der Waals surface area contributed by atoms with Crippen LogP contribution in [0.15, 0.2) is 71.6 Å². The Morgan fingerprint density at radius 1 is 1.00 bits per heavy atom. The van der Waals surface area contributed by atoms with E-state index >= 15 is 0 Å². The summed E-state index contributed by atoms with van der Waals surface area (Å²) in [6.07, 6.45) is 0. The molecule has 3 rings (SSSR count). The third-order valence-corrected chi connectivity index (χ3v) is 6.58. The highest BCUT2D eigenvalue weighted by Gasteiger charge is 2.21. The first kappa shape index (κ1) is 22.7. The van der Waals surface area contributed by atoms with Crippen molar-refractivity contribution in [2.24, 2.45) is 0 Å². The Balaban J connectivity index is 1.70. The third-order valence-electron chi connectivity index (χ3n) is 4.73. The van der Waals surface area contributed by atoms with Crippen LogP contribution in [0.1, 0.15) is 21.5 Å². The second-order valence-electron chi connectivity index (χ2n) is 6.92. The maximum atomic E-state index is 12.9. The molecule has 0 radical (unpaired) electrons. The molecule has 3 aromatic rings. The zero-order chi connectivity index (χ0) is 22.4. The number of carbonyl (C=O) groups is 1. The Labute approximate surface area is 187 Å². The molecule has 0 bridgehead atoms. The van der Waals surface area contributed by atoms with E-state index in [9.17, 15) is 13.2 Å². The molecular formula is C23H23ClN2O4S. The van der Waals surface area contributed by atoms with Gasteiger partial charge in [0.1, 0.15) is 17.3 Å². The number of hydrogen-bond acceptors (Lipinski definition) is 4. The van der Waals surface area contributed by atoms with E-state index in [4.69, 9.17) is 16.3 Å². The number of hydrogen-bond donors (Lipinski definition) is 2. The van der Waals surface area contributed by atoms with Crippen LogP contribution in [0.25, 0.3) is 0 Å². The molecule has 0 aliphatic heterocycles. The van der Waals surface area contributed by atoms with Crippen LogP contribution >= 0.6 is 11.6 Å². The lowest BCUT2D eigenvalue weighted by Crippen LogP contribution is -2.28. The minimum atomic E-state index is -3.99. The van der Waals surface area contributed by atoms with Gasteiger partial charge >= 0.3 is 0 Å². The molecule has 3 aromatic carbocycles. The first-order chi connectivity index (χ1) is 14.8. The van der Waals surface area contributed by atoms with E-state index in [2.05, 4.69) is 10.0 Å². The van der Waals surface area contributed by atoms with Crippen LogP contribution in [0.2, 0.25) is 5.02 Å². The molecular weight excluding hydrogens is 436 g/mol. The van der Waals surface area contributed by atoms with E-state index in [1.807, 2.05) is 50.2 Å². The van der Waals surface area contributed by atoms with Crippen LogP contribution in [-0.4, -0.2) is 27.5 Å². The lowest BCUT2D eigenvalue weighted by atomic mass is 10.1. The van der Waals surface area contributed by atoms with Crippen molar-refractivity contribution < 1.29 is 17.9 Å². The number of nitrogens with one attached hydrogen (secondary N) is 2. The number of amides is 1. The number of para-hydroxylation sites is 1. The number of sulfonamides is 1. The highest BCUT2D eigenvalue weighted by Crippen LogP contribution is 2.27. The van der Waals surface area contributed by atoms with Crippen LogP contribution in [0.5, 0.6) is 5.75 Å². The van der Waals surface area contributed by atoms with Crippen molar-refractivity contribution in [2.45, 2.75) is 18.7 Å². The molecule has 0 saturated heterocycles. The summed E-state index contributed by atoms with van der Waals surface area (Å²) in [6.45, 7) is 4.27. The second-order valence-corrected chi connectivity index (χ2v) is 8.97. The number of rotatable bonds is 8. The van der Waals surface area contributed by atoms with Gasteiger partial charge in [-0.25, -0.2) is 8.42 Å². The minimum absolute atomic E-state index is 0.0294. The van der Waals surface area contributed by atoms with Crippen LogP contribution in [0, 0.1) is 13.8 Å². The molecule has 0 atom stereocenters. The van der Waals surface area contributed by atoms with E-state index < -0.39 is 15.9 Å². The number of carbonyl (C=O) groups excluding carboxylic acids is 1. The maximum absolute atomic E-state index is 12.9. The number of ether oxygens (including phenoxy) is 1. The van der Waals surface area contributed by atoms with E-state index in [0.717, 1.165) is 11.1 Å². The largest absolute Gasteiger partial charge is 0.492 e. The average molecular weight is 459 g/mol. The summed E-state index contributed by atoms with van der Waals surface area (Å²) in [5.41, 5.74) is 2.42. The van der Waals surface area contributed by atoms with Gasteiger partial charge in [0.05, 0.1) is 17.3 Å². The van der Waals surface area contributed by atoms with E-state index in [0.29, 0.717) is 11.4 Å². The zero-order valence-corrected chi connectivity index (χ0v) is 18.8. The van der Waals surface area contributed by atoms with Crippen molar-refractivity contribution in [3.05, 3.63) is 88.4 Å². The lowest BCUT2D eigenvalue weighted by Gasteiger charge is -2.14. The average Bonchev–Trinajstić information content (AvgIpc) is 2.75. The summed E-state index contributed by atoms with van der Waals surface area (Å²) >= 11 is 6.15. The summed E-state index contributed by atoms with van der Waals surface area (Å²) in [6, 6.07) is 18.7. The Kier molecular flexibility index (Phi) is 7.20. The number of aryl methyl sites for hydroxylation is 1. The standard InChI is InChI=1S/C23H23ClN2O4S/c1-16-7-6-10-21(17(16)2)26-31(28,29)22-15-18(11-12-20(22)24)23(27)25-13-14-30-19-8-4-3-5-9-19/h3-12,15,26H,13-14H2,1-2H3,(H,25,27). The minimum Gasteiger partial charge on any atom is -0.492 e. The quantitative estimate of drug-likeness (QED) is 0.484. The van der Waals surface area contributed by atoms with Crippen molar-refractivity contribution in [3.8, 4) is 5.75 Å². The number of halogens is 1. The molecule has 8 heteroatoms. The molecule has 0 unspecified atom stereocenters. The first-order valence-electron chi connectivity index (χ1n) is 9.62. The molecule has 0 aliphatic rings. The fraction of sp³-hybridized carbons (Fsp3) is 0.174. The van der Waals surface area contributed by atoms with Crippen LogP contribution in [0.3, 0.4) is 0 Å². The molecule has 0 fully saturated rings. The van der Waals surface area contributed by atoms with Gasteiger partial charge in [-0.05, 0) is 61.4 Å². The summed E-state index contributed by atoms with van der Waals surface area (Å²) in [5.74, 6) is 0.283. The lowest BCUT2D eigenvalue weighted by molar-refractivity contribution is 0.0947. The van der Waals surface area contributed by atoms with Gasteiger partial charge in [-0.15, -0.1) is 0 Å². The van der Waals surface area contributed by atoms with E-state index in [1.54, 1.807) is 12.1 Å². The molecule has 162 valence electrons. The molecule has 0 aromatic heterocycles. The van der Waals surface area contributed by atoms with Crippen molar-refractivity contribution in [1.29, 1.82) is 0 Å². The maximum Gasteiger partial charge on any atom is 0.263 e. The number of anilines is 1. The van der Waals surface area contributed by atoms with E-state index in [-0.39, 0.29) is 28.6 Å². The molecule has 2 N–H and O–H groups in total. The first-order valence-corrected chi connectivity index (χ1v) is 11.5. The third kappa shape index (κ3) is 5.77. The Hall–Kier alpha value is -3.03. The fourth-order valence-electron chi connectivity index (χ4n) is 2.86. The van der Waals surface area contributed by atoms with Gasteiger partial charge in [0.25, 0.3) is 15.9 Å². The normalized spacial score (nSPS) is 11.1. The predicted octanol–water partition coefficient (Wildman–Crippen LogP) is 4.57. The zero-order valence-electron chi connectivity index (χ0n) is 17.2. The highest BCUT2D eigenvalue weighted by molar-refractivity contribution is 7.92.